The van der Waals surface area contributed by atoms with Crippen molar-refractivity contribution >= 4 is 41.1 Å². The Hall–Kier alpha value is -6.22. The van der Waals surface area contributed by atoms with Crippen molar-refractivity contribution in [2.24, 2.45) is 5.92 Å². The SMILES string of the molecule is CC1(C)OC(=O)c2ccc(Nc3ncc(-c4nnc(CCN5CCC(CN6CCN(CC#Cc7ccc8c(c7)CN(C7CCC(=O)NC7=O)C8=O)CC6)CC5)o4)c(N)n3)cc21. The number of carbonyl (C=O) groups is 4. The maximum absolute atomic E-state index is 13.0. The number of hydrogen-bond donors (Lipinski definition) is 3. The highest BCUT2D eigenvalue weighted by Crippen LogP contribution is 2.38. The number of nitrogen functional groups attached to an aromatic ring is 1. The van der Waals surface area contributed by atoms with Crippen LogP contribution in [0.15, 0.2) is 47.0 Å². The molecule has 0 bridgehead atoms. The Balaban J connectivity index is 0.680. The van der Waals surface area contributed by atoms with Gasteiger partial charge in [0.05, 0.1) is 17.7 Å². The minimum atomic E-state index is -0.716. The molecule has 5 aliphatic heterocycles. The van der Waals surface area contributed by atoms with Gasteiger partial charge in [0.15, 0.2) is 0 Å². The molecule has 1 unspecified atom stereocenters. The van der Waals surface area contributed by atoms with E-state index >= 15 is 0 Å². The van der Waals surface area contributed by atoms with Crippen LogP contribution in [-0.2, 0) is 32.9 Å². The van der Waals surface area contributed by atoms with Gasteiger partial charge in [0.2, 0.25) is 23.7 Å². The second kappa shape index (κ2) is 16.7. The molecule has 0 saturated carbocycles. The lowest BCUT2D eigenvalue weighted by Crippen LogP contribution is -2.52. The van der Waals surface area contributed by atoms with E-state index in [-0.39, 0.29) is 35.9 Å². The van der Waals surface area contributed by atoms with Gasteiger partial charge in [-0.1, -0.05) is 11.8 Å². The Bertz CT molecular complexity index is 2440. The average molecular weight is 828 g/mol. The van der Waals surface area contributed by atoms with Crippen LogP contribution in [0.1, 0.15) is 82.8 Å². The lowest BCUT2D eigenvalue weighted by molar-refractivity contribution is -0.136. The fourth-order valence-corrected chi connectivity index (χ4v) is 8.90. The number of likely N-dealkylation sites (tertiary alicyclic amines) is 1. The molecule has 3 amide bonds. The van der Waals surface area contributed by atoms with E-state index in [0.29, 0.717) is 66.1 Å². The van der Waals surface area contributed by atoms with Crippen molar-refractivity contribution in [3.8, 4) is 23.3 Å². The Kier molecular flexibility index (Phi) is 11.0. The van der Waals surface area contributed by atoms with Crippen LogP contribution >= 0.6 is 0 Å². The van der Waals surface area contributed by atoms with E-state index in [0.717, 1.165) is 81.9 Å². The fourth-order valence-electron chi connectivity index (χ4n) is 8.90. The Morgan fingerprint density at radius 3 is 2.49 bits per heavy atom. The van der Waals surface area contributed by atoms with Crippen molar-refractivity contribution in [1.82, 2.24) is 45.1 Å². The van der Waals surface area contributed by atoms with Crippen LogP contribution in [0, 0.1) is 17.8 Å². The standard InChI is InChI=1S/C44H49N11O6/c1-44(2)34-23-30(6-8-32(34)42(59)61-44)47-43-46-24-33(38(45)49-43)40-51-50-37(60-40)13-17-53-15-11-28(12-16-53)25-54-20-18-52(19-21-54)14-3-4-27-5-7-31-29(22-27)26-55(41(31)58)35-9-10-36(56)48-39(35)57/h5-8,22-24,28,35H,9-21,25-26H2,1-2H3,(H,48,56,57)(H3,45,46,47,49). The smallest absolute Gasteiger partial charge is 0.339 e. The highest BCUT2D eigenvalue weighted by molar-refractivity contribution is 6.05. The molecule has 5 aliphatic rings. The van der Waals surface area contributed by atoms with Crippen LogP contribution in [0.25, 0.3) is 11.5 Å². The Morgan fingerprint density at radius 2 is 1.70 bits per heavy atom. The molecule has 0 aliphatic carbocycles. The van der Waals surface area contributed by atoms with Gasteiger partial charge < -0.3 is 34.9 Å². The molecule has 2 aromatic heterocycles. The lowest BCUT2D eigenvalue weighted by Gasteiger charge is -2.38. The quantitative estimate of drug-likeness (QED) is 0.119. The number of benzene rings is 2. The first-order valence-electron chi connectivity index (χ1n) is 21.0. The maximum atomic E-state index is 13.0. The highest BCUT2D eigenvalue weighted by Gasteiger charge is 2.40. The summed E-state index contributed by atoms with van der Waals surface area (Å²) in [5.74, 6) is 7.40. The number of nitrogens with zero attached hydrogens (tertiary/aromatic N) is 8. The van der Waals surface area contributed by atoms with Crippen LogP contribution in [0.3, 0.4) is 0 Å². The summed E-state index contributed by atoms with van der Waals surface area (Å²) in [6, 6.07) is 10.4. The number of imide groups is 1. The van der Waals surface area contributed by atoms with Crippen molar-refractivity contribution < 1.29 is 28.3 Å². The van der Waals surface area contributed by atoms with Gasteiger partial charge in [-0.3, -0.25) is 24.6 Å². The molecule has 4 aromatic rings. The first kappa shape index (κ1) is 40.2. The summed E-state index contributed by atoms with van der Waals surface area (Å²) in [6.45, 7) is 12.8. The number of carbonyl (C=O) groups excluding carboxylic acids is 4. The van der Waals surface area contributed by atoms with Gasteiger partial charge in [0.1, 0.15) is 17.5 Å². The first-order chi connectivity index (χ1) is 29.5. The van der Waals surface area contributed by atoms with Gasteiger partial charge >= 0.3 is 5.97 Å². The van der Waals surface area contributed by atoms with Crippen molar-refractivity contribution in [3.63, 3.8) is 0 Å². The molecule has 316 valence electrons. The zero-order valence-corrected chi connectivity index (χ0v) is 34.4. The number of piperazine rings is 1. The largest absolute Gasteiger partial charge is 0.451 e. The molecule has 0 spiro atoms. The number of aromatic nitrogens is 4. The molecule has 3 saturated heterocycles. The summed E-state index contributed by atoms with van der Waals surface area (Å²) < 4.78 is 11.5. The number of anilines is 3. The van der Waals surface area contributed by atoms with E-state index in [1.807, 2.05) is 32.0 Å². The minimum Gasteiger partial charge on any atom is -0.451 e. The van der Waals surface area contributed by atoms with E-state index in [4.69, 9.17) is 14.9 Å². The molecule has 0 radical (unpaired) electrons. The predicted octanol–water partition coefficient (Wildman–Crippen LogP) is 2.94. The van der Waals surface area contributed by atoms with E-state index in [9.17, 15) is 19.2 Å². The van der Waals surface area contributed by atoms with Crippen LogP contribution in [-0.4, -0.2) is 128 Å². The number of rotatable bonds is 10. The van der Waals surface area contributed by atoms with Gasteiger partial charge in [0, 0.05) is 87.2 Å². The number of ether oxygens (including phenoxy) is 1. The molecule has 61 heavy (non-hydrogen) atoms. The number of nitrogens with two attached hydrogens (primary N) is 1. The number of cyclic esters (lactones) is 1. The molecular formula is C44H49N11O6. The van der Waals surface area contributed by atoms with Gasteiger partial charge in [-0.25, -0.2) is 9.78 Å². The van der Waals surface area contributed by atoms with Crippen LogP contribution in [0.5, 0.6) is 0 Å². The number of esters is 1. The third-order valence-electron chi connectivity index (χ3n) is 12.4. The molecule has 17 nitrogen and oxygen atoms in total. The topological polar surface area (TPSA) is 205 Å². The minimum absolute atomic E-state index is 0.172. The van der Waals surface area contributed by atoms with E-state index < -0.39 is 17.6 Å². The summed E-state index contributed by atoms with van der Waals surface area (Å²) in [5, 5.41) is 14.0. The van der Waals surface area contributed by atoms with Gasteiger partial charge in [-0.2, -0.15) is 4.98 Å². The second-order valence-corrected chi connectivity index (χ2v) is 17.0. The van der Waals surface area contributed by atoms with Crippen molar-refractivity contribution in [2.45, 2.75) is 64.1 Å². The van der Waals surface area contributed by atoms with Crippen LogP contribution in [0.4, 0.5) is 17.5 Å². The predicted molar refractivity (Wildman–Crippen MR) is 223 cm³/mol. The molecule has 7 heterocycles. The van der Waals surface area contributed by atoms with Gasteiger partial charge in [-0.15, -0.1) is 10.2 Å². The van der Waals surface area contributed by atoms with E-state index in [1.165, 1.54) is 0 Å². The second-order valence-electron chi connectivity index (χ2n) is 17.0. The monoisotopic (exact) mass is 827 g/mol. The summed E-state index contributed by atoms with van der Waals surface area (Å²) >= 11 is 0. The zero-order chi connectivity index (χ0) is 42.3. The van der Waals surface area contributed by atoms with Crippen molar-refractivity contribution in [1.29, 1.82) is 0 Å². The Labute approximate surface area is 353 Å². The number of nitrogens with one attached hydrogen (secondary N) is 2. The molecule has 17 heteroatoms. The fraction of sp³-hybridized carbons (Fsp3) is 0.455. The molecule has 4 N–H and O–H groups in total. The number of hydrogen-bond acceptors (Lipinski definition) is 15. The molecule has 1 atom stereocenters. The number of piperidine rings is 2. The van der Waals surface area contributed by atoms with E-state index in [1.54, 1.807) is 29.3 Å². The summed E-state index contributed by atoms with van der Waals surface area (Å²) in [7, 11) is 0. The lowest BCUT2D eigenvalue weighted by atomic mass is 9.95. The van der Waals surface area contributed by atoms with Crippen molar-refractivity contribution in [2.75, 3.05) is 70.0 Å². The average Bonchev–Trinajstić information content (AvgIpc) is 3.91. The first-order valence-corrected chi connectivity index (χ1v) is 21.0. The third-order valence-corrected chi connectivity index (χ3v) is 12.4. The zero-order valence-electron chi connectivity index (χ0n) is 34.4. The number of amides is 3. The molecule has 9 rings (SSSR count). The molecule has 2 aromatic carbocycles. The third kappa shape index (κ3) is 8.69. The van der Waals surface area contributed by atoms with Gasteiger partial charge in [-0.05, 0) is 94.1 Å². The van der Waals surface area contributed by atoms with E-state index in [2.05, 4.69) is 57.3 Å². The maximum Gasteiger partial charge on any atom is 0.339 e. The van der Waals surface area contributed by atoms with Crippen molar-refractivity contribution in [3.05, 3.63) is 76.3 Å². The van der Waals surface area contributed by atoms with Crippen LogP contribution in [0.2, 0.25) is 0 Å². The molecule has 3 fully saturated rings. The van der Waals surface area contributed by atoms with Gasteiger partial charge in [0.25, 0.3) is 11.8 Å². The Morgan fingerprint density at radius 1 is 0.918 bits per heavy atom. The summed E-state index contributed by atoms with van der Waals surface area (Å²) in [6.07, 6.45) is 5.10. The number of fused-ring (bicyclic) bond motifs is 2. The van der Waals surface area contributed by atoms with Crippen LogP contribution < -0.4 is 16.4 Å². The highest BCUT2D eigenvalue weighted by atomic mass is 16.6. The molecular weight excluding hydrogens is 779 g/mol. The summed E-state index contributed by atoms with van der Waals surface area (Å²) in [5.41, 5.74) is 10.4. The normalized spacial score (nSPS) is 20.8. The summed E-state index contributed by atoms with van der Waals surface area (Å²) in [4.78, 5) is 66.9.